The van der Waals surface area contributed by atoms with Crippen molar-refractivity contribution in [3.8, 4) is 0 Å². The molecule has 0 bridgehead atoms. The maximum absolute atomic E-state index is 12.9. The van der Waals surface area contributed by atoms with Gasteiger partial charge < -0.3 is 10.2 Å². The second-order valence-electron chi connectivity index (χ2n) is 4.58. The first-order valence-corrected chi connectivity index (χ1v) is 6.50. The van der Waals surface area contributed by atoms with E-state index in [0.717, 1.165) is 31.6 Å². The molecule has 3 nitrogen and oxygen atoms in total. The minimum Gasteiger partial charge on any atom is -0.317 e. The van der Waals surface area contributed by atoms with Gasteiger partial charge >= 0.3 is 0 Å². The Morgan fingerprint density at radius 2 is 1.94 bits per heavy atom. The number of rotatable bonds is 3. The van der Waals surface area contributed by atoms with Crippen molar-refractivity contribution in [3.05, 3.63) is 30.1 Å². The first kappa shape index (κ1) is 13.0. The van der Waals surface area contributed by atoms with Crippen LogP contribution in [0.25, 0.3) is 0 Å². The highest BCUT2D eigenvalue weighted by molar-refractivity contribution is 5.95. The number of amides is 1. The van der Waals surface area contributed by atoms with Gasteiger partial charge in [0.15, 0.2) is 0 Å². The molecule has 0 spiro atoms. The van der Waals surface area contributed by atoms with Crippen molar-refractivity contribution in [3.63, 3.8) is 0 Å². The van der Waals surface area contributed by atoms with Crippen LogP contribution in [0, 0.1) is 11.7 Å². The Hall–Kier alpha value is -1.42. The predicted molar refractivity (Wildman–Crippen MR) is 70.0 cm³/mol. The van der Waals surface area contributed by atoms with Gasteiger partial charge in [-0.1, -0.05) is 0 Å². The number of halogens is 1. The zero-order valence-corrected chi connectivity index (χ0v) is 10.7. The van der Waals surface area contributed by atoms with E-state index in [1.165, 1.54) is 12.1 Å². The van der Waals surface area contributed by atoms with Crippen LogP contribution in [0.1, 0.15) is 19.8 Å². The number of benzene rings is 1. The van der Waals surface area contributed by atoms with E-state index in [-0.39, 0.29) is 17.6 Å². The Labute approximate surface area is 107 Å². The lowest BCUT2D eigenvalue weighted by molar-refractivity contribution is -0.123. The molecule has 0 aromatic heterocycles. The van der Waals surface area contributed by atoms with Crippen LogP contribution in [0.2, 0.25) is 0 Å². The summed E-state index contributed by atoms with van der Waals surface area (Å²) >= 11 is 0. The monoisotopic (exact) mass is 250 g/mol. The van der Waals surface area contributed by atoms with Crippen LogP contribution >= 0.6 is 0 Å². The maximum Gasteiger partial charge on any atom is 0.230 e. The Balaban J connectivity index is 2.12. The molecule has 0 radical (unpaired) electrons. The molecule has 1 amide bonds. The highest BCUT2D eigenvalue weighted by Crippen LogP contribution is 2.21. The largest absolute Gasteiger partial charge is 0.317 e. The molecular formula is C14H19FN2O. The van der Waals surface area contributed by atoms with Gasteiger partial charge in [0.1, 0.15) is 5.82 Å². The maximum atomic E-state index is 12.9. The molecule has 1 aliphatic heterocycles. The van der Waals surface area contributed by atoms with E-state index in [1.54, 1.807) is 17.0 Å². The van der Waals surface area contributed by atoms with Crippen molar-refractivity contribution >= 4 is 11.6 Å². The average molecular weight is 250 g/mol. The molecule has 1 fully saturated rings. The van der Waals surface area contributed by atoms with E-state index in [0.29, 0.717) is 6.54 Å². The molecule has 0 unspecified atom stereocenters. The third-order valence-corrected chi connectivity index (χ3v) is 3.41. The lowest BCUT2D eigenvalue weighted by Crippen LogP contribution is -2.41. The molecule has 18 heavy (non-hydrogen) atoms. The highest BCUT2D eigenvalue weighted by atomic mass is 19.1. The lowest BCUT2D eigenvalue weighted by Gasteiger charge is -2.29. The number of nitrogens with zero attached hydrogens (tertiary/aromatic N) is 1. The summed E-state index contributed by atoms with van der Waals surface area (Å²) in [6.45, 7) is 4.37. The number of carbonyl (C=O) groups is 1. The van der Waals surface area contributed by atoms with Crippen molar-refractivity contribution in [1.82, 2.24) is 5.32 Å². The fraction of sp³-hybridized carbons (Fsp3) is 0.500. The summed E-state index contributed by atoms with van der Waals surface area (Å²) in [6, 6.07) is 6.12. The molecule has 1 heterocycles. The van der Waals surface area contributed by atoms with Gasteiger partial charge in [-0.25, -0.2) is 4.39 Å². The summed E-state index contributed by atoms with van der Waals surface area (Å²) in [7, 11) is 0. The summed E-state index contributed by atoms with van der Waals surface area (Å²) in [5.41, 5.74) is 0.780. The molecule has 0 aliphatic carbocycles. The fourth-order valence-corrected chi connectivity index (χ4v) is 2.38. The van der Waals surface area contributed by atoms with Gasteiger partial charge in [0.2, 0.25) is 5.91 Å². The first-order chi connectivity index (χ1) is 8.72. The molecule has 0 saturated carbocycles. The second kappa shape index (κ2) is 5.96. The topological polar surface area (TPSA) is 32.3 Å². The van der Waals surface area contributed by atoms with Crippen LogP contribution in [-0.2, 0) is 4.79 Å². The van der Waals surface area contributed by atoms with E-state index >= 15 is 0 Å². The number of carbonyl (C=O) groups excluding carboxylic acids is 1. The molecule has 1 N–H and O–H groups in total. The van der Waals surface area contributed by atoms with Gasteiger partial charge in [-0.15, -0.1) is 0 Å². The minimum atomic E-state index is -0.274. The molecule has 1 aromatic rings. The van der Waals surface area contributed by atoms with Crippen LogP contribution in [-0.4, -0.2) is 25.5 Å². The standard InChI is InChI=1S/C14H19FN2O/c1-2-17(13-5-3-12(15)4-6-13)14(18)11-7-9-16-10-8-11/h3-6,11,16H,2,7-10H2,1H3. The molecule has 4 heteroatoms. The number of piperidine rings is 1. The van der Waals surface area contributed by atoms with E-state index < -0.39 is 0 Å². The Morgan fingerprint density at radius 3 is 2.50 bits per heavy atom. The summed E-state index contributed by atoms with van der Waals surface area (Å²) in [4.78, 5) is 14.2. The summed E-state index contributed by atoms with van der Waals surface area (Å²) < 4.78 is 12.9. The average Bonchev–Trinajstić information content (AvgIpc) is 2.42. The zero-order chi connectivity index (χ0) is 13.0. The number of anilines is 1. The van der Waals surface area contributed by atoms with Gasteiger partial charge in [-0.05, 0) is 57.1 Å². The molecule has 98 valence electrons. The minimum absolute atomic E-state index is 0.0938. The van der Waals surface area contributed by atoms with Gasteiger partial charge in [-0.3, -0.25) is 4.79 Å². The number of hydrogen-bond acceptors (Lipinski definition) is 2. The van der Waals surface area contributed by atoms with E-state index in [2.05, 4.69) is 5.32 Å². The van der Waals surface area contributed by atoms with Crippen LogP contribution < -0.4 is 10.2 Å². The molecular weight excluding hydrogens is 231 g/mol. The fourth-order valence-electron chi connectivity index (χ4n) is 2.38. The van der Waals surface area contributed by atoms with Crippen LogP contribution in [0.15, 0.2) is 24.3 Å². The van der Waals surface area contributed by atoms with Crippen LogP contribution in [0.3, 0.4) is 0 Å². The van der Waals surface area contributed by atoms with Crippen molar-refractivity contribution in [2.45, 2.75) is 19.8 Å². The summed E-state index contributed by atoms with van der Waals surface area (Å²) in [5, 5.41) is 3.25. The smallest absolute Gasteiger partial charge is 0.230 e. The Kier molecular flexibility index (Phi) is 4.31. The number of hydrogen-bond donors (Lipinski definition) is 1. The molecule has 1 aromatic carbocycles. The summed E-state index contributed by atoms with van der Waals surface area (Å²) in [6.07, 6.45) is 1.77. The predicted octanol–water partition coefficient (Wildman–Crippen LogP) is 2.18. The van der Waals surface area contributed by atoms with Crippen molar-refractivity contribution in [2.24, 2.45) is 5.92 Å². The summed E-state index contributed by atoms with van der Waals surface area (Å²) in [5.74, 6) is -0.0222. The van der Waals surface area contributed by atoms with E-state index in [4.69, 9.17) is 0 Å². The quantitative estimate of drug-likeness (QED) is 0.891. The third-order valence-electron chi connectivity index (χ3n) is 3.41. The SMILES string of the molecule is CCN(C(=O)C1CCNCC1)c1ccc(F)cc1. The third kappa shape index (κ3) is 2.88. The van der Waals surface area contributed by atoms with Crippen LogP contribution in [0.4, 0.5) is 10.1 Å². The first-order valence-electron chi connectivity index (χ1n) is 6.50. The van der Waals surface area contributed by atoms with Crippen molar-refractivity contribution < 1.29 is 9.18 Å². The van der Waals surface area contributed by atoms with Gasteiger partial charge in [-0.2, -0.15) is 0 Å². The Morgan fingerprint density at radius 1 is 1.33 bits per heavy atom. The Bertz CT molecular complexity index is 399. The lowest BCUT2D eigenvalue weighted by atomic mass is 9.96. The van der Waals surface area contributed by atoms with Crippen molar-refractivity contribution in [2.75, 3.05) is 24.5 Å². The molecule has 0 atom stereocenters. The molecule has 1 aliphatic rings. The van der Waals surface area contributed by atoms with E-state index in [9.17, 15) is 9.18 Å². The molecule has 2 rings (SSSR count). The zero-order valence-electron chi connectivity index (χ0n) is 10.7. The van der Waals surface area contributed by atoms with Crippen molar-refractivity contribution in [1.29, 1.82) is 0 Å². The second-order valence-corrected chi connectivity index (χ2v) is 4.58. The van der Waals surface area contributed by atoms with Gasteiger partial charge in [0.25, 0.3) is 0 Å². The normalized spacial score (nSPS) is 16.6. The number of nitrogens with one attached hydrogen (secondary N) is 1. The van der Waals surface area contributed by atoms with Gasteiger partial charge in [0.05, 0.1) is 0 Å². The van der Waals surface area contributed by atoms with Gasteiger partial charge in [0, 0.05) is 18.2 Å². The molecule has 1 saturated heterocycles. The van der Waals surface area contributed by atoms with E-state index in [1.807, 2.05) is 6.92 Å². The van der Waals surface area contributed by atoms with Crippen LogP contribution in [0.5, 0.6) is 0 Å². The highest BCUT2D eigenvalue weighted by Gasteiger charge is 2.25.